The first-order valence-electron chi connectivity index (χ1n) is 14.0. The van der Waals surface area contributed by atoms with Crippen molar-refractivity contribution in [2.75, 3.05) is 20.1 Å². The number of nitrogens with one attached hydrogen (secondary N) is 4. The monoisotopic (exact) mass is 716 g/mol. The Morgan fingerprint density at radius 1 is 0.500 bits per heavy atom. The summed E-state index contributed by atoms with van der Waals surface area (Å²) in [7, 11) is -7.86. The second kappa shape index (κ2) is 13.7. The fraction of sp³-hybridized carbons (Fsp3) is 0. The maximum absolute atomic E-state index is 13.2. The van der Waals surface area contributed by atoms with Crippen LogP contribution in [0.5, 0.6) is 0 Å². The molecule has 6 rings (SSSR count). The van der Waals surface area contributed by atoms with Crippen LogP contribution in [0.15, 0.2) is 130 Å². The molecule has 4 aromatic carbocycles. The molecule has 16 heteroatoms. The summed E-state index contributed by atoms with van der Waals surface area (Å²) in [5.74, 6) is -1.15. The number of anilines is 4. The van der Waals surface area contributed by atoms with E-state index in [-0.39, 0.29) is 42.6 Å². The third-order valence-electron chi connectivity index (χ3n) is 6.65. The molecule has 48 heavy (non-hydrogen) atoms. The molecule has 0 fully saturated rings. The Balaban J connectivity index is 1.13. The molecule has 2 aromatic heterocycles. The third kappa shape index (κ3) is 7.42. The van der Waals surface area contributed by atoms with Crippen LogP contribution in [0, 0.1) is 0 Å². The van der Waals surface area contributed by atoms with Crippen LogP contribution in [0.25, 0.3) is 11.4 Å². The molecule has 0 saturated carbocycles. The second-order valence-electron chi connectivity index (χ2n) is 9.91. The number of thiazole rings is 2. The van der Waals surface area contributed by atoms with Gasteiger partial charge in [-0.05, 0) is 48.5 Å². The van der Waals surface area contributed by atoms with Gasteiger partial charge in [0.25, 0.3) is 31.9 Å². The van der Waals surface area contributed by atoms with Crippen molar-refractivity contribution in [3.05, 3.63) is 131 Å². The Bertz CT molecular complexity index is 2160. The second-order valence-corrected chi connectivity index (χ2v) is 15.0. The van der Waals surface area contributed by atoms with E-state index in [9.17, 15) is 26.4 Å². The topological polar surface area (TPSA) is 176 Å². The third-order valence-corrected chi connectivity index (χ3v) is 10.9. The zero-order valence-electron chi connectivity index (χ0n) is 24.5. The van der Waals surface area contributed by atoms with Crippen LogP contribution in [0.1, 0.15) is 20.7 Å². The lowest BCUT2D eigenvalue weighted by atomic mass is 10.2. The summed E-state index contributed by atoms with van der Waals surface area (Å²) in [5, 5.41) is 9.23. The molecule has 242 valence electrons. The van der Waals surface area contributed by atoms with Gasteiger partial charge in [-0.15, -0.1) is 22.7 Å². The number of para-hydroxylation sites is 2. The van der Waals surface area contributed by atoms with E-state index in [0.717, 1.165) is 22.7 Å². The first kappa shape index (κ1) is 32.5. The molecule has 0 atom stereocenters. The highest BCUT2D eigenvalue weighted by Crippen LogP contribution is 2.30. The maximum Gasteiger partial charge on any atom is 0.261 e. The first-order valence-corrected chi connectivity index (χ1v) is 18.7. The lowest BCUT2D eigenvalue weighted by molar-refractivity contribution is 0.101. The molecule has 0 bridgehead atoms. The van der Waals surface area contributed by atoms with Crippen LogP contribution in [-0.4, -0.2) is 38.6 Å². The van der Waals surface area contributed by atoms with Gasteiger partial charge in [0.2, 0.25) is 0 Å². The lowest BCUT2D eigenvalue weighted by Gasteiger charge is -2.12. The number of carbonyl (C=O) groups excluding carboxylic acids is 2. The van der Waals surface area contributed by atoms with Crippen LogP contribution >= 0.6 is 22.7 Å². The SMILES string of the molecule is O=C(Nc1nc(-c2csc(NC(=O)c3ccccc3NS(=O)(=O)c3ccccc3)n2)cs1)c1ccccc1NS(=O)(=O)c1ccccc1. The van der Waals surface area contributed by atoms with Crippen molar-refractivity contribution in [2.45, 2.75) is 9.79 Å². The number of hydrogen-bond donors (Lipinski definition) is 4. The highest BCUT2D eigenvalue weighted by Gasteiger charge is 2.21. The average molecular weight is 717 g/mol. The number of hydrogen-bond acceptors (Lipinski definition) is 10. The van der Waals surface area contributed by atoms with Crippen molar-refractivity contribution in [3.63, 3.8) is 0 Å². The molecule has 0 aliphatic rings. The Labute approximate surface area is 283 Å². The number of aromatic nitrogens is 2. The van der Waals surface area contributed by atoms with E-state index < -0.39 is 31.9 Å². The summed E-state index contributed by atoms with van der Waals surface area (Å²) in [5.41, 5.74) is 1.26. The maximum atomic E-state index is 13.2. The van der Waals surface area contributed by atoms with Crippen molar-refractivity contribution in [2.24, 2.45) is 0 Å². The van der Waals surface area contributed by atoms with Crippen LogP contribution in [-0.2, 0) is 20.0 Å². The van der Waals surface area contributed by atoms with Crippen molar-refractivity contribution >= 4 is 76.2 Å². The summed E-state index contributed by atoms with van der Waals surface area (Å²) >= 11 is 2.28. The molecule has 2 heterocycles. The van der Waals surface area contributed by atoms with Crippen LogP contribution in [0.4, 0.5) is 21.6 Å². The van der Waals surface area contributed by atoms with E-state index in [1.807, 2.05) is 0 Å². The van der Waals surface area contributed by atoms with E-state index in [1.165, 1.54) is 48.5 Å². The molecule has 4 N–H and O–H groups in total. The summed E-state index contributed by atoms with van der Waals surface area (Å²) in [6, 6.07) is 28.0. The van der Waals surface area contributed by atoms with Gasteiger partial charge in [-0.25, -0.2) is 26.8 Å². The molecule has 0 spiro atoms. The number of benzene rings is 4. The van der Waals surface area contributed by atoms with Crippen LogP contribution in [0.3, 0.4) is 0 Å². The Kier molecular flexibility index (Phi) is 9.31. The van der Waals surface area contributed by atoms with E-state index in [0.29, 0.717) is 11.4 Å². The molecule has 0 aliphatic heterocycles. The molecule has 2 amide bonds. The number of sulfonamides is 2. The number of nitrogens with zero attached hydrogens (tertiary/aromatic N) is 2. The molecular weight excluding hydrogens is 693 g/mol. The summed E-state index contributed by atoms with van der Waals surface area (Å²) in [6.07, 6.45) is 0. The molecule has 0 radical (unpaired) electrons. The lowest BCUT2D eigenvalue weighted by Crippen LogP contribution is -2.18. The molecule has 12 nitrogen and oxygen atoms in total. The van der Waals surface area contributed by atoms with Gasteiger partial charge in [-0.3, -0.25) is 29.7 Å². The van der Waals surface area contributed by atoms with Crippen molar-refractivity contribution in [1.29, 1.82) is 0 Å². The largest absolute Gasteiger partial charge is 0.298 e. The molecule has 6 aromatic rings. The smallest absolute Gasteiger partial charge is 0.261 e. The zero-order chi connectivity index (χ0) is 33.7. The molecular formula is C32H24N6O6S4. The predicted molar refractivity (Wildman–Crippen MR) is 187 cm³/mol. The average Bonchev–Trinajstić information content (AvgIpc) is 3.75. The first-order chi connectivity index (χ1) is 23.1. The van der Waals surface area contributed by atoms with Gasteiger partial charge in [0, 0.05) is 10.8 Å². The van der Waals surface area contributed by atoms with Crippen LogP contribution < -0.4 is 20.1 Å². The Morgan fingerprint density at radius 3 is 1.25 bits per heavy atom. The minimum Gasteiger partial charge on any atom is -0.298 e. The molecule has 0 unspecified atom stereocenters. The van der Waals surface area contributed by atoms with Gasteiger partial charge in [-0.1, -0.05) is 60.7 Å². The minimum absolute atomic E-state index is 0.0560. The van der Waals surface area contributed by atoms with Gasteiger partial charge >= 0.3 is 0 Å². The Hall–Kier alpha value is -5.42. The van der Waals surface area contributed by atoms with Crippen molar-refractivity contribution in [1.82, 2.24) is 9.97 Å². The highest BCUT2D eigenvalue weighted by atomic mass is 32.2. The number of carbonyl (C=O) groups is 2. The summed E-state index contributed by atoms with van der Waals surface area (Å²) in [6.45, 7) is 0. The van der Waals surface area contributed by atoms with Gasteiger partial charge in [0.1, 0.15) is 11.4 Å². The van der Waals surface area contributed by atoms with Gasteiger partial charge in [0.05, 0.1) is 32.3 Å². The fourth-order valence-electron chi connectivity index (χ4n) is 4.37. The van der Waals surface area contributed by atoms with Crippen molar-refractivity contribution < 1.29 is 26.4 Å². The van der Waals surface area contributed by atoms with Gasteiger partial charge in [-0.2, -0.15) is 0 Å². The van der Waals surface area contributed by atoms with Crippen LogP contribution in [0.2, 0.25) is 0 Å². The van der Waals surface area contributed by atoms with Gasteiger partial charge in [0.15, 0.2) is 10.3 Å². The summed E-state index contributed by atoms with van der Waals surface area (Å²) < 4.78 is 56.4. The standard InChI is InChI=1S/C32H24N6O6S4/c39-29(23-15-7-9-17-25(23)37-47(41,42)21-11-3-1-4-12-21)35-31-33-27(19-45-31)28-20-46-32(34-28)36-30(40)24-16-8-10-18-26(24)38-48(43,44)22-13-5-2-6-14-22/h1-20,37-38H,(H,33,35,39)(H,34,36,40). The van der Waals surface area contributed by atoms with Gasteiger partial charge < -0.3 is 0 Å². The van der Waals surface area contributed by atoms with E-state index in [4.69, 9.17) is 0 Å². The predicted octanol–water partition coefficient (Wildman–Crippen LogP) is 6.37. The van der Waals surface area contributed by atoms with Crippen molar-refractivity contribution in [3.8, 4) is 11.4 Å². The minimum atomic E-state index is -3.93. The fourth-order valence-corrected chi connectivity index (χ4v) is 7.97. The highest BCUT2D eigenvalue weighted by molar-refractivity contribution is 7.93. The zero-order valence-corrected chi connectivity index (χ0v) is 27.8. The normalized spacial score (nSPS) is 11.4. The molecule has 0 aliphatic carbocycles. The Morgan fingerprint density at radius 2 is 0.854 bits per heavy atom. The summed E-state index contributed by atoms with van der Waals surface area (Å²) in [4.78, 5) is 35.3. The van der Waals surface area contributed by atoms with E-state index in [1.54, 1.807) is 71.4 Å². The molecule has 0 saturated heterocycles. The quantitative estimate of drug-likeness (QED) is 0.120. The number of rotatable bonds is 11. The number of amides is 2. The van der Waals surface area contributed by atoms with E-state index >= 15 is 0 Å². The van der Waals surface area contributed by atoms with E-state index in [2.05, 4.69) is 30.0 Å².